The normalized spacial score (nSPS) is 12.5. The van der Waals surface area contributed by atoms with Crippen LogP contribution in [0.1, 0.15) is 39.4 Å². The fraction of sp³-hybridized carbons (Fsp3) is 0.692. The van der Waals surface area contributed by atoms with Crippen LogP contribution in [0, 0.1) is 0 Å². The second kappa shape index (κ2) is 6.57. The molecule has 0 aliphatic rings. The lowest BCUT2D eigenvalue weighted by Gasteiger charge is -2.25. The van der Waals surface area contributed by atoms with Gasteiger partial charge >= 0.3 is 0 Å². The van der Waals surface area contributed by atoms with Crippen LogP contribution in [0.5, 0.6) is 0 Å². The van der Waals surface area contributed by atoms with Crippen LogP contribution in [0.3, 0.4) is 0 Å². The number of rotatable bonds is 7. The Balaban J connectivity index is 2.85. The Bertz CT molecular complexity index is 584. The van der Waals surface area contributed by atoms with Gasteiger partial charge in [0.05, 0.1) is 6.26 Å². The maximum atomic E-state index is 11.3. The first-order chi connectivity index (χ1) is 9.52. The Morgan fingerprint density at radius 3 is 2.29 bits per heavy atom. The van der Waals surface area contributed by atoms with Gasteiger partial charge in [0, 0.05) is 31.1 Å². The number of nitrogens with zero attached hydrogens (tertiary/aromatic N) is 2. The first-order valence-electron chi connectivity index (χ1n) is 6.82. The quantitative estimate of drug-likeness (QED) is 0.703. The first kappa shape index (κ1) is 17.6. The highest BCUT2D eigenvalue weighted by Gasteiger charge is 2.22. The van der Waals surface area contributed by atoms with Gasteiger partial charge < -0.3 is 10.6 Å². The van der Waals surface area contributed by atoms with Crippen LogP contribution in [0.2, 0.25) is 0 Å². The van der Waals surface area contributed by atoms with Crippen molar-refractivity contribution in [2.45, 2.75) is 39.2 Å². The zero-order valence-corrected chi connectivity index (χ0v) is 14.3. The molecule has 0 unspecified atom stereocenters. The Labute approximate surface area is 127 Å². The number of hydrogen-bond acceptors (Lipinski definition) is 6. The summed E-state index contributed by atoms with van der Waals surface area (Å²) in [6.45, 7) is 8.08. The Hall–Kier alpha value is -1.41. The van der Waals surface area contributed by atoms with Crippen LogP contribution in [0.4, 0.5) is 11.6 Å². The zero-order valence-electron chi connectivity index (χ0n) is 13.5. The molecule has 1 heterocycles. The van der Waals surface area contributed by atoms with Crippen LogP contribution in [-0.2, 0) is 10.0 Å². The fourth-order valence-corrected chi connectivity index (χ4v) is 2.87. The minimum absolute atomic E-state index is 0.209. The van der Waals surface area contributed by atoms with Crippen molar-refractivity contribution in [2.75, 3.05) is 30.5 Å². The van der Waals surface area contributed by atoms with Crippen LogP contribution in [0.15, 0.2) is 6.07 Å². The average Bonchev–Trinajstić information content (AvgIpc) is 2.33. The molecule has 0 radical (unpaired) electrons. The molecular formula is C13H25N5O2S. The molecule has 0 fully saturated rings. The molecule has 0 spiro atoms. The molecule has 0 aliphatic carbocycles. The van der Waals surface area contributed by atoms with Crippen molar-refractivity contribution in [3.8, 4) is 0 Å². The summed E-state index contributed by atoms with van der Waals surface area (Å²) in [5, 5.41) is 6.15. The summed E-state index contributed by atoms with van der Waals surface area (Å²) in [6.07, 6.45) is 1.15. The van der Waals surface area contributed by atoms with E-state index in [1.165, 1.54) is 0 Å². The van der Waals surface area contributed by atoms with E-state index in [9.17, 15) is 8.42 Å². The molecule has 120 valence electrons. The molecule has 0 bridgehead atoms. The standard InChI is InChI=1S/C13H25N5O2S/c1-9(2)12-16-10(14-5)7-11(17-12)15-8-13(3,4)18-21(6,19)20/h7,9,18H,8H2,1-6H3,(H2,14,15,16,17). The van der Waals surface area contributed by atoms with Crippen molar-refractivity contribution in [2.24, 2.45) is 0 Å². The van der Waals surface area contributed by atoms with Gasteiger partial charge in [0.15, 0.2) is 0 Å². The summed E-state index contributed by atoms with van der Waals surface area (Å²) in [4.78, 5) is 8.82. The lowest BCUT2D eigenvalue weighted by Crippen LogP contribution is -2.47. The third-order valence-corrected chi connectivity index (χ3v) is 3.61. The van der Waals surface area contributed by atoms with Gasteiger partial charge in [-0.1, -0.05) is 13.8 Å². The van der Waals surface area contributed by atoms with Gasteiger partial charge in [0.25, 0.3) is 0 Å². The summed E-state index contributed by atoms with van der Waals surface area (Å²) in [6, 6.07) is 1.79. The topological polar surface area (TPSA) is 96.0 Å². The van der Waals surface area contributed by atoms with Gasteiger partial charge in [-0.05, 0) is 13.8 Å². The van der Waals surface area contributed by atoms with Crippen molar-refractivity contribution in [3.05, 3.63) is 11.9 Å². The third-order valence-electron chi connectivity index (χ3n) is 2.69. The third kappa shape index (κ3) is 6.26. The second-order valence-corrected chi connectivity index (χ2v) is 7.76. The number of anilines is 2. The molecule has 3 N–H and O–H groups in total. The minimum Gasteiger partial charge on any atom is -0.373 e. The molecule has 0 atom stereocenters. The Morgan fingerprint density at radius 2 is 1.81 bits per heavy atom. The van der Waals surface area contributed by atoms with Crippen LogP contribution < -0.4 is 15.4 Å². The minimum atomic E-state index is -3.26. The van der Waals surface area contributed by atoms with E-state index in [0.29, 0.717) is 12.4 Å². The van der Waals surface area contributed by atoms with E-state index in [1.807, 2.05) is 27.7 Å². The van der Waals surface area contributed by atoms with Gasteiger partial charge in [0.2, 0.25) is 10.0 Å². The highest BCUT2D eigenvalue weighted by atomic mass is 32.2. The van der Waals surface area contributed by atoms with E-state index in [-0.39, 0.29) is 5.92 Å². The molecule has 1 rings (SSSR count). The van der Waals surface area contributed by atoms with Crippen LogP contribution in [0.25, 0.3) is 0 Å². The molecule has 0 amide bonds. The largest absolute Gasteiger partial charge is 0.373 e. The Kier molecular flexibility index (Phi) is 5.52. The fourth-order valence-electron chi connectivity index (χ4n) is 1.79. The molecule has 7 nitrogen and oxygen atoms in total. The lowest BCUT2D eigenvalue weighted by molar-refractivity contribution is 0.475. The van der Waals surface area contributed by atoms with Gasteiger partial charge in [0.1, 0.15) is 17.5 Å². The molecule has 21 heavy (non-hydrogen) atoms. The highest BCUT2D eigenvalue weighted by Crippen LogP contribution is 2.17. The molecule has 1 aromatic heterocycles. The number of hydrogen-bond donors (Lipinski definition) is 3. The first-order valence-corrected chi connectivity index (χ1v) is 8.71. The smallest absolute Gasteiger partial charge is 0.209 e. The summed E-state index contributed by atoms with van der Waals surface area (Å²) in [7, 11) is -1.46. The van der Waals surface area contributed by atoms with Gasteiger partial charge in [-0.15, -0.1) is 0 Å². The van der Waals surface area contributed by atoms with E-state index in [0.717, 1.165) is 17.9 Å². The predicted octanol–water partition coefficient (Wildman–Crippen LogP) is 1.38. The Morgan fingerprint density at radius 1 is 1.24 bits per heavy atom. The molecule has 8 heteroatoms. The van der Waals surface area contributed by atoms with E-state index in [2.05, 4.69) is 25.3 Å². The molecule has 0 aliphatic heterocycles. The number of sulfonamides is 1. The predicted molar refractivity (Wildman–Crippen MR) is 86.2 cm³/mol. The van der Waals surface area contributed by atoms with Gasteiger partial charge in [-0.3, -0.25) is 0 Å². The second-order valence-electron chi connectivity index (χ2n) is 6.01. The molecule has 0 saturated heterocycles. The molecule has 1 aromatic rings. The summed E-state index contributed by atoms with van der Waals surface area (Å²) in [5.41, 5.74) is -0.615. The molecular weight excluding hydrogens is 290 g/mol. The van der Waals surface area contributed by atoms with Crippen LogP contribution >= 0.6 is 0 Å². The van der Waals surface area contributed by atoms with E-state index < -0.39 is 15.6 Å². The number of nitrogens with one attached hydrogen (secondary N) is 3. The summed E-state index contributed by atoms with van der Waals surface area (Å²) >= 11 is 0. The van der Waals surface area contributed by atoms with Crippen molar-refractivity contribution in [1.29, 1.82) is 0 Å². The van der Waals surface area contributed by atoms with Crippen molar-refractivity contribution >= 4 is 21.7 Å². The highest BCUT2D eigenvalue weighted by molar-refractivity contribution is 7.88. The van der Waals surface area contributed by atoms with Crippen LogP contribution in [-0.4, -0.2) is 43.8 Å². The SMILES string of the molecule is CNc1cc(NCC(C)(C)NS(C)(=O)=O)nc(C(C)C)n1. The summed E-state index contributed by atoms with van der Waals surface area (Å²) < 4.78 is 25.2. The summed E-state index contributed by atoms with van der Waals surface area (Å²) in [5.74, 6) is 2.34. The van der Waals surface area contributed by atoms with E-state index in [4.69, 9.17) is 0 Å². The van der Waals surface area contributed by atoms with E-state index in [1.54, 1.807) is 13.1 Å². The monoisotopic (exact) mass is 315 g/mol. The lowest BCUT2D eigenvalue weighted by atomic mass is 10.1. The average molecular weight is 315 g/mol. The van der Waals surface area contributed by atoms with Crippen molar-refractivity contribution < 1.29 is 8.42 Å². The van der Waals surface area contributed by atoms with Gasteiger partial charge in [-0.2, -0.15) is 0 Å². The van der Waals surface area contributed by atoms with Crippen molar-refractivity contribution in [1.82, 2.24) is 14.7 Å². The maximum absolute atomic E-state index is 11.3. The zero-order chi connectivity index (χ0) is 16.3. The molecule has 0 saturated carbocycles. The van der Waals surface area contributed by atoms with Crippen molar-refractivity contribution in [3.63, 3.8) is 0 Å². The number of aromatic nitrogens is 2. The maximum Gasteiger partial charge on any atom is 0.209 e. The van der Waals surface area contributed by atoms with Gasteiger partial charge in [-0.25, -0.2) is 23.1 Å². The van der Waals surface area contributed by atoms with E-state index >= 15 is 0 Å². The molecule has 0 aromatic carbocycles.